The van der Waals surface area contributed by atoms with Crippen molar-refractivity contribution in [1.82, 2.24) is 14.5 Å². The van der Waals surface area contributed by atoms with Crippen LogP contribution in [0.2, 0.25) is 0 Å². The van der Waals surface area contributed by atoms with E-state index in [-0.39, 0.29) is 5.82 Å². The summed E-state index contributed by atoms with van der Waals surface area (Å²) >= 11 is 0. The quantitative estimate of drug-likeness (QED) is 0.890. The van der Waals surface area contributed by atoms with Gasteiger partial charge < -0.3 is 4.90 Å². The second-order valence-corrected chi connectivity index (χ2v) is 7.30. The summed E-state index contributed by atoms with van der Waals surface area (Å²) in [7, 11) is -0.613. The van der Waals surface area contributed by atoms with Crippen molar-refractivity contribution in [2.45, 2.75) is 38.6 Å². The van der Waals surface area contributed by atoms with E-state index >= 15 is 0 Å². The van der Waals surface area contributed by atoms with Crippen LogP contribution in [0, 0.1) is 0 Å². The van der Waals surface area contributed by atoms with E-state index in [0.717, 1.165) is 29.5 Å². The second kappa shape index (κ2) is 6.57. The normalized spacial score (nSPS) is 19.8. The second-order valence-electron chi connectivity index (χ2n) is 5.42. The summed E-state index contributed by atoms with van der Waals surface area (Å²) in [6.07, 6.45) is 4.67. The molecule has 0 aromatic carbocycles. The van der Waals surface area contributed by atoms with Crippen molar-refractivity contribution in [2.75, 3.05) is 30.3 Å². The smallest absolute Gasteiger partial charge is 0.302 e. The highest BCUT2D eigenvalue weighted by Crippen LogP contribution is 2.24. The van der Waals surface area contributed by atoms with Crippen molar-refractivity contribution in [2.24, 2.45) is 0 Å². The summed E-state index contributed by atoms with van der Waals surface area (Å²) < 4.78 is 26.9. The minimum atomic E-state index is -3.54. The molecule has 0 spiro atoms. The number of nitrogens with one attached hydrogen (secondary N) is 1. The first-order chi connectivity index (χ1) is 9.94. The van der Waals surface area contributed by atoms with Gasteiger partial charge in [0, 0.05) is 26.7 Å². The summed E-state index contributed by atoms with van der Waals surface area (Å²) in [4.78, 5) is 2.26. The number of aromatic nitrogens is 2. The highest BCUT2D eigenvalue weighted by atomic mass is 32.2. The van der Waals surface area contributed by atoms with Gasteiger partial charge in [-0.1, -0.05) is 6.92 Å². The fourth-order valence-electron chi connectivity index (χ4n) is 2.48. The number of anilines is 2. The molecule has 1 fully saturated rings. The van der Waals surface area contributed by atoms with Gasteiger partial charge in [0.05, 0.1) is 0 Å². The van der Waals surface area contributed by atoms with E-state index in [4.69, 9.17) is 0 Å². The van der Waals surface area contributed by atoms with Crippen LogP contribution in [-0.2, 0) is 10.2 Å². The predicted molar refractivity (Wildman–Crippen MR) is 83.5 cm³/mol. The Labute approximate surface area is 126 Å². The highest BCUT2D eigenvalue weighted by Gasteiger charge is 2.22. The largest absolute Gasteiger partial charge is 0.352 e. The van der Waals surface area contributed by atoms with Crippen LogP contribution in [-0.4, -0.2) is 49.6 Å². The Morgan fingerprint density at radius 1 is 1.33 bits per heavy atom. The zero-order valence-corrected chi connectivity index (χ0v) is 13.6. The van der Waals surface area contributed by atoms with Crippen molar-refractivity contribution in [3.63, 3.8) is 0 Å². The molecule has 1 atom stereocenters. The van der Waals surface area contributed by atoms with E-state index in [1.165, 1.54) is 26.9 Å². The third kappa shape index (κ3) is 3.82. The SMILES string of the molecule is CCC1CCCCN1c1ccc(NS(=O)(=O)N(C)C)nn1. The van der Waals surface area contributed by atoms with Crippen LogP contribution in [0.4, 0.5) is 11.6 Å². The number of hydrogen-bond donors (Lipinski definition) is 1. The van der Waals surface area contributed by atoms with Gasteiger partial charge >= 0.3 is 10.2 Å². The molecule has 0 amide bonds. The average molecular weight is 313 g/mol. The van der Waals surface area contributed by atoms with Crippen molar-refractivity contribution in [1.29, 1.82) is 0 Å². The van der Waals surface area contributed by atoms with Gasteiger partial charge in [-0.15, -0.1) is 10.2 Å². The first-order valence-electron chi connectivity index (χ1n) is 7.24. The molecular weight excluding hydrogens is 290 g/mol. The number of nitrogens with zero attached hydrogens (tertiary/aromatic N) is 4. The fourth-order valence-corrected chi connectivity index (χ4v) is 3.04. The van der Waals surface area contributed by atoms with E-state index < -0.39 is 10.2 Å². The van der Waals surface area contributed by atoms with E-state index in [0.29, 0.717) is 6.04 Å². The molecule has 0 radical (unpaired) electrons. The molecule has 1 aliphatic heterocycles. The van der Waals surface area contributed by atoms with Gasteiger partial charge in [0.15, 0.2) is 11.6 Å². The zero-order valence-electron chi connectivity index (χ0n) is 12.8. The first kappa shape index (κ1) is 16.0. The van der Waals surface area contributed by atoms with Crippen LogP contribution in [0.25, 0.3) is 0 Å². The number of rotatable bonds is 5. The van der Waals surface area contributed by atoms with E-state index in [1.807, 2.05) is 6.07 Å². The van der Waals surface area contributed by atoms with E-state index in [9.17, 15) is 8.42 Å². The maximum atomic E-state index is 11.7. The fraction of sp³-hybridized carbons (Fsp3) is 0.692. The molecule has 1 N–H and O–H groups in total. The Bertz CT molecular complexity index is 558. The number of hydrogen-bond acceptors (Lipinski definition) is 5. The molecule has 0 aliphatic carbocycles. The molecule has 2 rings (SSSR count). The van der Waals surface area contributed by atoms with Crippen molar-refractivity contribution in [3.8, 4) is 0 Å². The third-order valence-electron chi connectivity index (χ3n) is 3.76. The van der Waals surface area contributed by atoms with Crippen molar-refractivity contribution < 1.29 is 8.42 Å². The standard InChI is InChI=1S/C13H23N5O2S/c1-4-11-7-5-6-10-18(11)13-9-8-12(14-15-13)16-21(19,20)17(2)3/h8-9,11H,4-7,10H2,1-3H3,(H,14,16). The van der Waals surface area contributed by atoms with Crippen molar-refractivity contribution >= 4 is 21.8 Å². The summed E-state index contributed by atoms with van der Waals surface area (Å²) in [5.74, 6) is 1.05. The van der Waals surface area contributed by atoms with Crippen LogP contribution >= 0.6 is 0 Å². The Hall–Kier alpha value is -1.41. The molecule has 1 aromatic heterocycles. The van der Waals surface area contributed by atoms with Gasteiger partial charge in [-0.3, -0.25) is 4.72 Å². The van der Waals surface area contributed by atoms with Crippen LogP contribution in [0.15, 0.2) is 12.1 Å². The lowest BCUT2D eigenvalue weighted by Gasteiger charge is -2.35. The lowest BCUT2D eigenvalue weighted by Crippen LogP contribution is -2.39. The summed E-state index contributed by atoms with van der Waals surface area (Å²) in [6.45, 7) is 3.16. The molecule has 21 heavy (non-hydrogen) atoms. The first-order valence-corrected chi connectivity index (χ1v) is 8.68. The maximum absolute atomic E-state index is 11.7. The molecule has 7 nitrogen and oxygen atoms in total. The molecular formula is C13H23N5O2S. The molecule has 118 valence electrons. The van der Waals surface area contributed by atoms with Gasteiger partial charge in [-0.25, -0.2) is 0 Å². The maximum Gasteiger partial charge on any atom is 0.302 e. The molecule has 0 saturated carbocycles. The Morgan fingerprint density at radius 2 is 2.10 bits per heavy atom. The topological polar surface area (TPSA) is 78.4 Å². The van der Waals surface area contributed by atoms with Crippen LogP contribution in [0.1, 0.15) is 32.6 Å². The Balaban J connectivity index is 2.11. The van der Waals surface area contributed by atoms with Crippen molar-refractivity contribution in [3.05, 3.63) is 12.1 Å². The molecule has 1 saturated heterocycles. The van der Waals surface area contributed by atoms with Crippen LogP contribution in [0.3, 0.4) is 0 Å². The third-order valence-corrected chi connectivity index (χ3v) is 5.19. The lowest BCUT2D eigenvalue weighted by molar-refractivity contribution is 0.445. The summed E-state index contributed by atoms with van der Waals surface area (Å²) in [5, 5.41) is 8.16. The molecule has 8 heteroatoms. The lowest BCUT2D eigenvalue weighted by atomic mass is 10.0. The average Bonchev–Trinajstić information content (AvgIpc) is 2.47. The molecule has 1 aromatic rings. The number of piperidine rings is 1. The minimum absolute atomic E-state index is 0.234. The predicted octanol–water partition coefficient (Wildman–Crippen LogP) is 1.46. The summed E-state index contributed by atoms with van der Waals surface area (Å²) in [6, 6.07) is 3.98. The Morgan fingerprint density at radius 3 is 2.67 bits per heavy atom. The van der Waals surface area contributed by atoms with Gasteiger partial charge in [0.25, 0.3) is 0 Å². The molecule has 2 heterocycles. The molecule has 1 aliphatic rings. The van der Waals surface area contributed by atoms with Crippen LogP contribution < -0.4 is 9.62 Å². The molecule has 0 bridgehead atoms. The van der Waals surface area contributed by atoms with E-state index in [2.05, 4.69) is 26.7 Å². The van der Waals surface area contributed by atoms with Crippen LogP contribution in [0.5, 0.6) is 0 Å². The van der Waals surface area contributed by atoms with E-state index in [1.54, 1.807) is 6.07 Å². The Kier molecular flexibility index (Phi) is 5.00. The van der Waals surface area contributed by atoms with Gasteiger partial charge in [0.1, 0.15) is 0 Å². The molecule has 1 unspecified atom stereocenters. The monoisotopic (exact) mass is 313 g/mol. The van der Waals surface area contributed by atoms with Gasteiger partial charge in [-0.05, 0) is 37.8 Å². The zero-order chi connectivity index (χ0) is 15.5. The minimum Gasteiger partial charge on any atom is -0.352 e. The highest BCUT2D eigenvalue weighted by molar-refractivity contribution is 7.90. The van der Waals surface area contributed by atoms with Gasteiger partial charge in [-0.2, -0.15) is 12.7 Å². The summed E-state index contributed by atoms with van der Waals surface area (Å²) in [5.41, 5.74) is 0. The van der Waals surface area contributed by atoms with Gasteiger partial charge in [0.2, 0.25) is 0 Å².